The van der Waals surface area contributed by atoms with Gasteiger partial charge >= 0.3 is 0 Å². The minimum absolute atomic E-state index is 0.275. The van der Waals surface area contributed by atoms with Gasteiger partial charge in [-0.3, -0.25) is 14.7 Å². The number of likely N-dealkylation sites (tertiary alicyclic amines) is 2. The highest BCUT2D eigenvalue weighted by atomic mass is 16.2. The summed E-state index contributed by atoms with van der Waals surface area (Å²) in [4.78, 5) is 22.5. The van der Waals surface area contributed by atoms with Crippen molar-refractivity contribution in [2.24, 2.45) is 11.8 Å². The topological polar surface area (TPSA) is 36.4 Å². The summed E-state index contributed by atoms with van der Waals surface area (Å²) in [7, 11) is 0. The molecule has 0 N–H and O–H groups in total. The molecule has 2 aromatic rings. The maximum Gasteiger partial charge on any atom is 0.225 e. The predicted octanol–water partition coefficient (Wildman–Crippen LogP) is 4.40. The first-order chi connectivity index (χ1) is 14.7. The van der Waals surface area contributed by atoms with Crippen LogP contribution in [-0.2, 0) is 11.3 Å². The Bertz CT molecular complexity index is 877. The second-order valence-electron chi connectivity index (χ2n) is 9.60. The van der Waals surface area contributed by atoms with E-state index in [-0.39, 0.29) is 5.92 Å². The number of piperidine rings is 1. The zero-order valence-electron chi connectivity index (χ0n) is 18.0. The number of amides is 1. The van der Waals surface area contributed by atoms with Gasteiger partial charge in [-0.2, -0.15) is 0 Å². The summed E-state index contributed by atoms with van der Waals surface area (Å²) in [5.41, 5.74) is 4.05. The number of carbonyl (C=O) groups excluding carboxylic acids is 1. The van der Waals surface area contributed by atoms with Crippen LogP contribution in [0.2, 0.25) is 0 Å². The van der Waals surface area contributed by atoms with Crippen molar-refractivity contribution < 1.29 is 4.79 Å². The van der Waals surface area contributed by atoms with Gasteiger partial charge < -0.3 is 4.90 Å². The molecule has 0 bridgehead atoms. The summed E-state index contributed by atoms with van der Waals surface area (Å²) in [5, 5.41) is 0. The molecule has 3 heterocycles. The Morgan fingerprint density at radius 3 is 2.63 bits per heavy atom. The fourth-order valence-electron chi connectivity index (χ4n) is 6.11. The van der Waals surface area contributed by atoms with Crippen molar-refractivity contribution in [2.75, 3.05) is 19.6 Å². The Hall–Kier alpha value is -2.20. The van der Waals surface area contributed by atoms with E-state index in [4.69, 9.17) is 0 Å². The van der Waals surface area contributed by atoms with Gasteiger partial charge in [-0.25, -0.2) is 0 Å². The molecule has 4 heteroatoms. The minimum atomic E-state index is 0.275. The Labute approximate surface area is 180 Å². The summed E-state index contributed by atoms with van der Waals surface area (Å²) in [5.74, 6) is 1.69. The lowest BCUT2D eigenvalue weighted by Crippen LogP contribution is -2.48. The van der Waals surface area contributed by atoms with E-state index in [0.29, 0.717) is 23.8 Å². The number of rotatable bonds is 4. The number of aromatic nitrogens is 1. The van der Waals surface area contributed by atoms with Crippen LogP contribution >= 0.6 is 0 Å². The summed E-state index contributed by atoms with van der Waals surface area (Å²) < 4.78 is 0. The third-order valence-corrected chi connectivity index (χ3v) is 7.63. The van der Waals surface area contributed by atoms with Crippen molar-refractivity contribution in [3.05, 3.63) is 65.5 Å². The molecule has 158 valence electrons. The number of aryl methyl sites for hydroxylation is 1. The highest BCUT2D eigenvalue weighted by Crippen LogP contribution is 2.43. The van der Waals surface area contributed by atoms with Crippen LogP contribution in [0.5, 0.6) is 0 Å². The third kappa shape index (κ3) is 3.90. The monoisotopic (exact) mass is 403 g/mol. The fraction of sp³-hybridized carbons (Fsp3) is 0.538. The van der Waals surface area contributed by atoms with Crippen molar-refractivity contribution in [3.63, 3.8) is 0 Å². The van der Waals surface area contributed by atoms with E-state index in [2.05, 4.69) is 58.1 Å². The summed E-state index contributed by atoms with van der Waals surface area (Å²) in [6.07, 6.45) is 9.49. The molecule has 30 heavy (non-hydrogen) atoms. The van der Waals surface area contributed by atoms with E-state index in [9.17, 15) is 4.79 Å². The lowest BCUT2D eigenvalue weighted by atomic mass is 9.81. The Balaban J connectivity index is 1.39. The van der Waals surface area contributed by atoms with Gasteiger partial charge in [-0.15, -0.1) is 0 Å². The van der Waals surface area contributed by atoms with Crippen LogP contribution in [0.25, 0.3) is 0 Å². The standard InChI is InChI=1S/C26H33N3O/c1-19-5-4-8-22(15-19)23-18-29(26(30)21-6-2-3-7-21)25-11-14-28(17-24(23)25)16-20-9-12-27-13-10-20/h4-5,8-10,12-13,15,21,23-25H,2-3,6-7,11,14,16-18H2,1H3/t23-,24-,25-/m0/s1. The molecule has 3 atom stereocenters. The van der Waals surface area contributed by atoms with Crippen molar-refractivity contribution in [2.45, 2.75) is 57.5 Å². The first kappa shape index (κ1) is 19.7. The highest BCUT2D eigenvalue weighted by molar-refractivity contribution is 5.80. The van der Waals surface area contributed by atoms with E-state index in [1.165, 1.54) is 29.5 Å². The maximum absolute atomic E-state index is 13.4. The van der Waals surface area contributed by atoms with Gasteiger partial charge in [0.2, 0.25) is 5.91 Å². The molecule has 2 aliphatic heterocycles. The lowest BCUT2D eigenvalue weighted by molar-refractivity contribution is -0.137. The van der Waals surface area contributed by atoms with Crippen LogP contribution in [0.4, 0.5) is 0 Å². The van der Waals surface area contributed by atoms with Crippen molar-refractivity contribution in [1.82, 2.24) is 14.8 Å². The smallest absolute Gasteiger partial charge is 0.225 e. The zero-order valence-corrected chi connectivity index (χ0v) is 18.0. The van der Waals surface area contributed by atoms with Crippen LogP contribution < -0.4 is 0 Å². The number of nitrogens with zero attached hydrogens (tertiary/aromatic N) is 3. The first-order valence-electron chi connectivity index (χ1n) is 11.7. The SMILES string of the molecule is Cc1cccc([C@@H]2CN(C(=O)C3CCCC3)[C@H]3CCN(Cc4ccncc4)C[C@@H]23)c1. The summed E-state index contributed by atoms with van der Waals surface area (Å²) in [6.45, 7) is 6.19. The summed E-state index contributed by atoms with van der Waals surface area (Å²) in [6, 6.07) is 13.6. The van der Waals surface area contributed by atoms with Crippen molar-refractivity contribution in [1.29, 1.82) is 0 Å². The number of hydrogen-bond acceptors (Lipinski definition) is 3. The van der Waals surface area contributed by atoms with Crippen LogP contribution in [0.1, 0.15) is 54.7 Å². The molecule has 2 saturated heterocycles. The number of fused-ring (bicyclic) bond motifs is 1. The quantitative estimate of drug-likeness (QED) is 0.759. The van der Waals surface area contributed by atoms with Gasteiger partial charge in [-0.05, 0) is 49.4 Å². The normalized spacial score (nSPS) is 27.4. The maximum atomic E-state index is 13.4. The number of pyridine rings is 1. The Morgan fingerprint density at radius 2 is 1.87 bits per heavy atom. The van der Waals surface area contributed by atoms with Crippen LogP contribution in [0, 0.1) is 18.8 Å². The average molecular weight is 404 g/mol. The largest absolute Gasteiger partial charge is 0.338 e. The van der Waals surface area contributed by atoms with Crippen LogP contribution in [-0.4, -0.2) is 46.4 Å². The molecular weight excluding hydrogens is 370 g/mol. The molecule has 1 aromatic carbocycles. The first-order valence-corrected chi connectivity index (χ1v) is 11.7. The zero-order chi connectivity index (χ0) is 20.5. The average Bonchev–Trinajstić information content (AvgIpc) is 3.42. The molecule has 3 aliphatic rings. The molecule has 3 fully saturated rings. The van der Waals surface area contributed by atoms with E-state index in [1.54, 1.807) is 0 Å². The molecule has 5 rings (SSSR count). The Morgan fingerprint density at radius 1 is 1.07 bits per heavy atom. The molecule has 4 nitrogen and oxygen atoms in total. The molecule has 1 saturated carbocycles. The van der Waals surface area contributed by atoms with Crippen LogP contribution in [0.3, 0.4) is 0 Å². The number of carbonyl (C=O) groups is 1. The van der Waals surface area contributed by atoms with Crippen molar-refractivity contribution >= 4 is 5.91 Å². The molecular formula is C26H33N3O. The Kier molecular flexibility index (Phi) is 5.60. The van der Waals surface area contributed by atoms with Gasteiger partial charge in [0.1, 0.15) is 0 Å². The van der Waals surface area contributed by atoms with Gasteiger partial charge in [0.25, 0.3) is 0 Å². The number of benzene rings is 1. The molecule has 1 amide bonds. The van der Waals surface area contributed by atoms with Gasteiger partial charge in [0.05, 0.1) is 0 Å². The van der Waals surface area contributed by atoms with Gasteiger partial charge in [0.15, 0.2) is 0 Å². The third-order valence-electron chi connectivity index (χ3n) is 7.63. The van der Waals surface area contributed by atoms with Crippen molar-refractivity contribution in [3.8, 4) is 0 Å². The molecule has 1 aromatic heterocycles. The van der Waals surface area contributed by atoms with Crippen LogP contribution in [0.15, 0.2) is 48.8 Å². The highest BCUT2D eigenvalue weighted by Gasteiger charge is 2.48. The fourth-order valence-corrected chi connectivity index (χ4v) is 6.11. The molecule has 0 radical (unpaired) electrons. The van der Waals surface area contributed by atoms with E-state index < -0.39 is 0 Å². The molecule has 0 unspecified atom stereocenters. The second-order valence-corrected chi connectivity index (χ2v) is 9.60. The molecule has 0 spiro atoms. The van der Waals surface area contributed by atoms with Gasteiger partial charge in [0, 0.05) is 62.4 Å². The number of hydrogen-bond donors (Lipinski definition) is 0. The lowest BCUT2D eigenvalue weighted by Gasteiger charge is -2.39. The second kappa shape index (κ2) is 8.50. The van der Waals surface area contributed by atoms with Gasteiger partial charge in [-0.1, -0.05) is 42.7 Å². The minimum Gasteiger partial charge on any atom is -0.338 e. The molecule has 1 aliphatic carbocycles. The summed E-state index contributed by atoms with van der Waals surface area (Å²) >= 11 is 0. The van der Waals surface area contributed by atoms with E-state index in [1.807, 2.05) is 12.4 Å². The predicted molar refractivity (Wildman–Crippen MR) is 119 cm³/mol. The van der Waals surface area contributed by atoms with E-state index in [0.717, 1.165) is 45.4 Å². The van der Waals surface area contributed by atoms with E-state index >= 15 is 0 Å².